The van der Waals surface area contributed by atoms with E-state index in [9.17, 15) is 0 Å². The Labute approximate surface area is 124 Å². The van der Waals surface area contributed by atoms with Gasteiger partial charge in [-0.05, 0) is 45.5 Å². The second-order valence-corrected chi connectivity index (χ2v) is 5.54. The average Bonchev–Trinajstić information content (AvgIpc) is 2.95. The van der Waals surface area contributed by atoms with Gasteiger partial charge in [0.05, 0.1) is 0 Å². The van der Waals surface area contributed by atoms with E-state index in [0.29, 0.717) is 0 Å². The van der Waals surface area contributed by atoms with Gasteiger partial charge in [0.2, 0.25) is 0 Å². The van der Waals surface area contributed by atoms with Gasteiger partial charge in [0, 0.05) is 0 Å². The second-order valence-electron chi connectivity index (χ2n) is 4.80. The van der Waals surface area contributed by atoms with Crippen LogP contribution in [0.1, 0.15) is 16.7 Å². The summed E-state index contributed by atoms with van der Waals surface area (Å²) in [6.45, 7) is 2.16. The van der Waals surface area contributed by atoms with Gasteiger partial charge in [-0.15, -0.1) is 0 Å². The molecular formula is C19H16S. The Balaban J connectivity index is 1.96. The molecule has 3 rings (SSSR count). The molecule has 0 aliphatic rings. The van der Waals surface area contributed by atoms with Crippen LogP contribution in [0.15, 0.2) is 65.4 Å². The predicted molar refractivity (Wildman–Crippen MR) is 89.9 cm³/mol. The van der Waals surface area contributed by atoms with Gasteiger partial charge in [0.1, 0.15) is 0 Å². The Morgan fingerprint density at radius 1 is 0.750 bits per heavy atom. The van der Waals surface area contributed by atoms with Crippen LogP contribution >= 0.6 is 11.3 Å². The lowest BCUT2D eigenvalue weighted by Gasteiger charge is -2.04. The van der Waals surface area contributed by atoms with Crippen molar-refractivity contribution in [1.29, 1.82) is 0 Å². The molecule has 2 aromatic carbocycles. The second kappa shape index (κ2) is 5.89. The Morgan fingerprint density at radius 3 is 2.30 bits per heavy atom. The summed E-state index contributed by atoms with van der Waals surface area (Å²) in [5.41, 5.74) is 6.48. The zero-order valence-electron chi connectivity index (χ0n) is 11.4. The molecule has 0 N–H and O–H groups in total. The van der Waals surface area contributed by atoms with Gasteiger partial charge in [-0.1, -0.05) is 66.7 Å². The van der Waals surface area contributed by atoms with E-state index >= 15 is 0 Å². The first-order valence-electron chi connectivity index (χ1n) is 6.70. The third-order valence-electron chi connectivity index (χ3n) is 3.38. The van der Waals surface area contributed by atoms with Gasteiger partial charge in [-0.3, -0.25) is 0 Å². The van der Waals surface area contributed by atoms with E-state index < -0.39 is 0 Å². The largest absolute Gasteiger partial charge is 0.151 e. The van der Waals surface area contributed by atoms with Crippen LogP contribution in [-0.2, 0) is 0 Å². The first-order valence-corrected chi connectivity index (χ1v) is 7.64. The standard InChI is InChI=1S/C19H16S/c1-15-7-5-6-10-18(15)19-14-20-13-17(19)12-11-16-8-3-2-4-9-16/h2-14H,1H3/b12-11+. The summed E-state index contributed by atoms with van der Waals surface area (Å²) in [7, 11) is 0. The molecule has 98 valence electrons. The van der Waals surface area contributed by atoms with Crippen LogP contribution in [0.5, 0.6) is 0 Å². The van der Waals surface area contributed by atoms with Crippen molar-refractivity contribution in [2.75, 3.05) is 0 Å². The molecule has 1 heterocycles. The minimum atomic E-state index is 1.23. The Morgan fingerprint density at radius 2 is 1.50 bits per heavy atom. The summed E-state index contributed by atoms with van der Waals surface area (Å²) in [4.78, 5) is 0. The van der Waals surface area contributed by atoms with E-state index in [-0.39, 0.29) is 0 Å². The molecule has 0 atom stereocenters. The summed E-state index contributed by atoms with van der Waals surface area (Å²) >= 11 is 1.75. The Kier molecular flexibility index (Phi) is 3.80. The molecule has 0 unspecified atom stereocenters. The maximum atomic E-state index is 2.23. The van der Waals surface area contributed by atoms with Gasteiger partial charge < -0.3 is 0 Å². The van der Waals surface area contributed by atoms with Crippen LogP contribution in [0.3, 0.4) is 0 Å². The first kappa shape index (κ1) is 12.9. The first-order chi connectivity index (χ1) is 9.84. The quantitative estimate of drug-likeness (QED) is 0.559. The summed E-state index contributed by atoms with van der Waals surface area (Å²) in [5.74, 6) is 0. The van der Waals surface area contributed by atoms with E-state index in [1.165, 1.54) is 27.8 Å². The maximum absolute atomic E-state index is 2.23. The lowest BCUT2D eigenvalue weighted by molar-refractivity contribution is 1.47. The smallest absolute Gasteiger partial charge is 0.000153 e. The minimum absolute atomic E-state index is 1.23. The molecule has 0 amide bonds. The van der Waals surface area contributed by atoms with Crippen molar-refractivity contribution in [1.82, 2.24) is 0 Å². The van der Waals surface area contributed by atoms with E-state index in [1.54, 1.807) is 11.3 Å². The fourth-order valence-corrected chi connectivity index (χ4v) is 3.10. The molecule has 0 aliphatic heterocycles. The molecule has 0 fully saturated rings. The van der Waals surface area contributed by atoms with Gasteiger partial charge in [0.25, 0.3) is 0 Å². The van der Waals surface area contributed by atoms with Gasteiger partial charge in [-0.2, -0.15) is 11.3 Å². The van der Waals surface area contributed by atoms with Crippen molar-refractivity contribution in [3.8, 4) is 11.1 Å². The van der Waals surface area contributed by atoms with Crippen molar-refractivity contribution >= 4 is 23.5 Å². The number of aryl methyl sites for hydroxylation is 1. The molecule has 0 radical (unpaired) electrons. The molecule has 0 saturated carbocycles. The predicted octanol–water partition coefficient (Wildman–Crippen LogP) is 5.89. The van der Waals surface area contributed by atoms with E-state index in [0.717, 1.165) is 0 Å². The van der Waals surface area contributed by atoms with E-state index in [1.807, 2.05) is 6.07 Å². The topological polar surface area (TPSA) is 0 Å². The van der Waals surface area contributed by atoms with Crippen LogP contribution in [0.25, 0.3) is 23.3 Å². The SMILES string of the molecule is Cc1ccccc1-c1cscc1/C=C/c1ccccc1. The van der Waals surface area contributed by atoms with Crippen molar-refractivity contribution in [2.24, 2.45) is 0 Å². The van der Waals surface area contributed by atoms with Crippen LogP contribution in [0.4, 0.5) is 0 Å². The van der Waals surface area contributed by atoms with Crippen LogP contribution in [-0.4, -0.2) is 0 Å². The number of thiophene rings is 1. The summed E-state index contributed by atoms with van der Waals surface area (Å²) in [6.07, 6.45) is 4.37. The number of hydrogen-bond acceptors (Lipinski definition) is 1. The van der Waals surface area contributed by atoms with E-state index in [4.69, 9.17) is 0 Å². The van der Waals surface area contributed by atoms with Crippen LogP contribution in [0, 0.1) is 6.92 Å². The Hall–Kier alpha value is -2.12. The maximum Gasteiger partial charge on any atom is -0.000153 e. The third kappa shape index (κ3) is 2.73. The number of rotatable bonds is 3. The lowest BCUT2D eigenvalue weighted by Crippen LogP contribution is -1.82. The molecule has 1 heteroatoms. The summed E-state index contributed by atoms with van der Waals surface area (Å²) < 4.78 is 0. The third-order valence-corrected chi connectivity index (χ3v) is 4.14. The molecule has 3 aromatic rings. The average molecular weight is 276 g/mol. The number of benzene rings is 2. The lowest BCUT2D eigenvalue weighted by atomic mass is 9.99. The molecule has 20 heavy (non-hydrogen) atoms. The van der Waals surface area contributed by atoms with Crippen LogP contribution < -0.4 is 0 Å². The molecule has 0 aliphatic carbocycles. The van der Waals surface area contributed by atoms with Gasteiger partial charge >= 0.3 is 0 Å². The molecular weight excluding hydrogens is 260 g/mol. The monoisotopic (exact) mass is 276 g/mol. The normalized spacial score (nSPS) is 11.1. The highest BCUT2D eigenvalue weighted by Crippen LogP contribution is 2.31. The van der Waals surface area contributed by atoms with Crippen molar-refractivity contribution < 1.29 is 0 Å². The van der Waals surface area contributed by atoms with Crippen molar-refractivity contribution in [2.45, 2.75) is 6.92 Å². The molecule has 0 saturated heterocycles. The molecule has 0 bridgehead atoms. The van der Waals surface area contributed by atoms with Gasteiger partial charge in [-0.25, -0.2) is 0 Å². The van der Waals surface area contributed by atoms with Gasteiger partial charge in [0.15, 0.2) is 0 Å². The minimum Gasteiger partial charge on any atom is -0.151 e. The summed E-state index contributed by atoms with van der Waals surface area (Å²) in [6, 6.07) is 19.0. The molecule has 0 nitrogen and oxygen atoms in total. The van der Waals surface area contributed by atoms with E-state index in [2.05, 4.69) is 78.4 Å². The highest BCUT2D eigenvalue weighted by Gasteiger charge is 2.06. The fraction of sp³-hybridized carbons (Fsp3) is 0.0526. The Bertz CT molecular complexity index is 720. The zero-order chi connectivity index (χ0) is 13.8. The van der Waals surface area contributed by atoms with Crippen molar-refractivity contribution in [3.05, 3.63) is 82.0 Å². The number of hydrogen-bond donors (Lipinski definition) is 0. The summed E-state index contributed by atoms with van der Waals surface area (Å²) in [5, 5.41) is 4.44. The highest BCUT2D eigenvalue weighted by atomic mass is 32.1. The zero-order valence-corrected chi connectivity index (χ0v) is 12.2. The highest BCUT2D eigenvalue weighted by molar-refractivity contribution is 7.08. The van der Waals surface area contributed by atoms with Crippen LogP contribution in [0.2, 0.25) is 0 Å². The molecule has 1 aromatic heterocycles. The fourth-order valence-electron chi connectivity index (χ4n) is 2.28. The molecule has 0 spiro atoms. The van der Waals surface area contributed by atoms with Crippen molar-refractivity contribution in [3.63, 3.8) is 0 Å².